The lowest BCUT2D eigenvalue weighted by atomic mass is 10.1. The zero-order valence-electron chi connectivity index (χ0n) is 12.1. The van der Waals surface area contributed by atoms with E-state index in [1.807, 2.05) is 51.4 Å². The third-order valence-corrected chi connectivity index (χ3v) is 2.92. The van der Waals surface area contributed by atoms with Crippen LogP contribution in [0.1, 0.15) is 24.9 Å². The first kappa shape index (κ1) is 15.7. The minimum atomic E-state index is 0.0428. The summed E-state index contributed by atoms with van der Waals surface area (Å²) in [5.41, 5.74) is 1.13. The Balaban J connectivity index is 2.17. The molecule has 4 nitrogen and oxygen atoms in total. The SMILES string of the molecule is CC(NC(=O)CNCCCN(C)C)c1ccccc1. The van der Waals surface area contributed by atoms with Gasteiger partial charge in [0.05, 0.1) is 12.6 Å². The largest absolute Gasteiger partial charge is 0.348 e. The van der Waals surface area contributed by atoms with Gasteiger partial charge in [-0.2, -0.15) is 0 Å². The van der Waals surface area contributed by atoms with Crippen LogP contribution in [0.3, 0.4) is 0 Å². The molecule has 1 atom stereocenters. The first-order valence-electron chi connectivity index (χ1n) is 6.79. The van der Waals surface area contributed by atoms with Gasteiger partial charge >= 0.3 is 0 Å². The van der Waals surface area contributed by atoms with E-state index in [9.17, 15) is 4.79 Å². The standard InChI is InChI=1S/C15H25N3O/c1-13(14-8-5-4-6-9-14)17-15(19)12-16-10-7-11-18(2)3/h4-6,8-9,13,16H,7,10-12H2,1-3H3,(H,17,19). The van der Waals surface area contributed by atoms with Crippen molar-refractivity contribution in [3.8, 4) is 0 Å². The minimum Gasteiger partial charge on any atom is -0.348 e. The summed E-state index contributed by atoms with van der Waals surface area (Å²) in [5, 5.41) is 6.14. The highest BCUT2D eigenvalue weighted by atomic mass is 16.1. The van der Waals surface area contributed by atoms with Crippen LogP contribution in [0.5, 0.6) is 0 Å². The summed E-state index contributed by atoms with van der Waals surface area (Å²) in [4.78, 5) is 13.9. The second-order valence-corrected chi connectivity index (χ2v) is 5.03. The third kappa shape index (κ3) is 6.94. The summed E-state index contributed by atoms with van der Waals surface area (Å²) < 4.78 is 0. The highest BCUT2D eigenvalue weighted by molar-refractivity contribution is 5.78. The number of hydrogen-bond donors (Lipinski definition) is 2. The number of carbonyl (C=O) groups excluding carboxylic acids is 1. The summed E-state index contributed by atoms with van der Waals surface area (Å²) in [6.45, 7) is 4.28. The lowest BCUT2D eigenvalue weighted by Gasteiger charge is -2.15. The van der Waals surface area contributed by atoms with Crippen LogP contribution in [0.4, 0.5) is 0 Å². The van der Waals surface area contributed by atoms with Crippen molar-refractivity contribution in [2.24, 2.45) is 0 Å². The predicted molar refractivity (Wildman–Crippen MR) is 79.0 cm³/mol. The second-order valence-electron chi connectivity index (χ2n) is 5.03. The monoisotopic (exact) mass is 263 g/mol. The van der Waals surface area contributed by atoms with E-state index in [1.165, 1.54) is 0 Å². The van der Waals surface area contributed by atoms with Crippen LogP contribution in [0.15, 0.2) is 30.3 Å². The van der Waals surface area contributed by atoms with Gasteiger partial charge in [0, 0.05) is 0 Å². The Morgan fingerprint density at radius 3 is 2.58 bits per heavy atom. The molecule has 0 aliphatic heterocycles. The van der Waals surface area contributed by atoms with Crippen LogP contribution in [0.25, 0.3) is 0 Å². The Morgan fingerprint density at radius 2 is 1.95 bits per heavy atom. The fraction of sp³-hybridized carbons (Fsp3) is 0.533. The van der Waals surface area contributed by atoms with E-state index in [1.54, 1.807) is 0 Å². The molecule has 0 aromatic heterocycles. The number of nitrogens with zero attached hydrogens (tertiary/aromatic N) is 1. The van der Waals surface area contributed by atoms with E-state index in [0.29, 0.717) is 6.54 Å². The first-order valence-corrected chi connectivity index (χ1v) is 6.79. The fourth-order valence-electron chi connectivity index (χ4n) is 1.84. The normalized spacial score (nSPS) is 12.4. The Labute approximate surface area is 116 Å². The molecule has 0 saturated carbocycles. The molecule has 0 heterocycles. The van der Waals surface area contributed by atoms with E-state index >= 15 is 0 Å². The lowest BCUT2D eigenvalue weighted by Crippen LogP contribution is -2.36. The molecule has 1 aromatic rings. The summed E-state index contributed by atoms with van der Waals surface area (Å²) >= 11 is 0. The molecule has 19 heavy (non-hydrogen) atoms. The van der Waals surface area contributed by atoms with Gasteiger partial charge < -0.3 is 15.5 Å². The van der Waals surface area contributed by atoms with E-state index in [0.717, 1.165) is 25.1 Å². The zero-order chi connectivity index (χ0) is 14.1. The van der Waals surface area contributed by atoms with Crippen molar-refractivity contribution in [1.29, 1.82) is 0 Å². The van der Waals surface area contributed by atoms with Crippen molar-refractivity contribution >= 4 is 5.91 Å². The van der Waals surface area contributed by atoms with Gasteiger partial charge in [0.25, 0.3) is 0 Å². The molecule has 0 aliphatic carbocycles. The van der Waals surface area contributed by atoms with E-state index < -0.39 is 0 Å². The molecule has 4 heteroatoms. The Morgan fingerprint density at radius 1 is 1.26 bits per heavy atom. The second kappa shape index (κ2) is 8.67. The molecule has 1 aromatic carbocycles. The van der Waals surface area contributed by atoms with Crippen molar-refractivity contribution in [1.82, 2.24) is 15.5 Å². The van der Waals surface area contributed by atoms with Gasteiger partial charge in [-0.1, -0.05) is 30.3 Å². The molecule has 106 valence electrons. The molecule has 1 rings (SSSR count). The van der Waals surface area contributed by atoms with Gasteiger partial charge in [0.2, 0.25) is 5.91 Å². The van der Waals surface area contributed by atoms with Crippen LogP contribution >= 0.6 is 0 Å². The van der Waals surface area contributed by atoms with Crippen LogP contribution in [0, 0.1) is 0 Å². The minimum absolute atomic E-state index is 0.0428. The van der Waals surface area contributed by atoms with E-state index in [-0.39, 0.29) is 11.9 Å². The summed E-state index contributed by atoms with van der Waals surface area (Å²) in [6.07, 6.45) is 1.05. The number of rotatable bonds is 8. The van der Waals surface area contributed by atoms with Crippen molar-refractivity contribution in [2.75, 3.05) is 33.7 Å². The Kier molecular flexibility index (Phi) is 7.15. The van der Waals surface area contributed by atoms with Crippen molar-refractivity contribution in [3.05, 3.63) is 35.9 Å². The fourth-order valence-corrected chi connectivity index (χ4v) is 1.84. The molecular weight excluding hydrogens is 238 g/mol. The number of carbonyl (C=O) groups is 1. The maximum absolute atomic E-state index is 11.7. The molecule has 0 aliphatic rings. The number of amides is 1. The first-order chi connectivity index (χ1) is 9.09. The van der Waals surface area contributed by atoms with Crippen LogP contribution in [-0.4, -0.2) is 44.5 Å². The average Bonchev–Trinajstić information content (AvgIpc) is 2.39. The molecule has 0 saturated heterocycles. The molecule has 0 fully saturated rings. The van der Waals surface area contributed by atoms with Crippen molar-refractivity contribution < 1.29 is 4.79 Å². The van der Waals surface area contributed by atoms with Crippen LogP contribution < -0.4 is 10.6 Å². The third-order valence-electron chi connectivity index (χ3n) is 2.92. The van der Waals surface area contributed by atoms with Gasteiger partial charge in [0.15, 0.2) is 0 Å². The van der Waals surface area contributed by atoms with E-state index in [2.05, 4.69) is 15.5 Å². The topological polar surface area (TPSA) is 44.4 Å². The molecule has 2 N–H and O–H groups in total. The molecule has 0 spiro atoms. The Hall–Kier alpha value is -1.39. The summed E-state index contributed by atoms with van der Waals surface area (Å²) in [6, 6.07) is 10.0. The molecule has 0 radical (unpaired) electrons. The smallest absolute Gasteiger partial charge is 0.234 e. The summed E-state index contributed by atoms with van der Waals surface area (Å²) in [5.74, 6) is 0.0428. The van der Waals surface area contributed by atoms with Gasteiger partial charge in [-0.25, -0.2) is 0 Å². The molecule has 0 bridgehead atoms. The maximum atomic E-state index is 11.7. The molecule has 1 unspecified atom stereocenters. The predicted octanol–water partition coefficient (Wildman–Crippen LogP) is 1.41. The number of nitrogens with one attached hydrogen (secondary N) is 2. The quantitative estimate of drug-likeness (QED) is 0.697. The van der Waals surface area contributed by atoms with Crippen LogP contribution in [-0.2, 0) is 4.79 Å². The maximum Gasteiger partial charge on any atom is 0.234 e. The van der Waals surface area contributed by atoms with Gasteiger partial charge in [-0.15, -0.1) is 0 Å². The van der Waals surface area contributed by atoms with Gasteiger partial charge in [-0.05, 0) is 46.1 Å². The number of hydrogen-bond acceptors (Lipinski definition) is 3. The van der Waals surface area contributed by atoms with Gasteiger partial charge in [-0.3, -0.25) is 4.79 Å². The zero-order valence-corrected chi connectivity index (χ0v) is 12.1. The average molecular weight is 263 g/mol. The van der Waals surface area contributed by atoms with Crippen molar-refractivity contribution in [3.63, 3.8) is 0 Å². The van der Waals surface area contributed by atoms with E-state index in [4.69, 9.17) is 0 Å². The van der Waals surface area contributed by atoms with Crippen LogP contribution in [0.2, 0.25) is 0 Å². The molecular formula is C15H25N3O. The molecule has 1 amide bonds. The highest BCUT2D eigenvalue weighted by Crippen LogP contribution is 2.10. The summed E-state index contributed by atoms with van der Waals surface area (Å²) in [7, 11) is 4.10. The van der Waals surface area contributed by atoms with Gasteiger partial charge in [0.1, 0.15) is 0 Å². The lowest BCUT2D eigenvalue weighted by molar-refractivity contribution is -0.120. The Bertz CT molecular complexity index is 365. The number of benzene rings is 1. The van der Waals surface area contributed by atoms with Crippen molar-refractivity contribution in [2.45, 2.75) is 19.4 Å². The highest BCUT2D eigenvalue weighted by Gasteiger charge is 2.08.